The molecule has 4 rings (SSSR count). The van der Waals surface area contributed by atoms with Gasteiger partial charge in [0.2, 0.25) is 11.0 Å². The van der Waals surface area contributed by atoms with Gasteiger partial charge in [0, 0.05) is 6.42 Å². The van der Waals surface area contributed by atoms with E-state index in [2.05, 4.69) is 34.3 Å². The van der Waals surface area contributed by atoms with E-state index in [1.54, 1.807) is 0 Å². The monoisotopic (exact) mass is 421 g/mol. The van der Waals surface area contributed by atoms with Gasteiger partial charge in [0.15, 0.2) is 0 Å². The Labute approximate surface area is 178 Å². The molecule has 8 heteroatoms. The summed E-state index contributed by atoms with van der Waals surface area (Å²) in [7, 11) is 0. The molecule has 0 bridgehead atoms. The summed E-state index contributed by atoms with van der Waals surface area (Å²) in [5.41, 5.74) is 1.71. The van der Waals surface area contributed by atoms with Crippen molar-refractivity contribution >= 4 is 33.4 Å². The van der Waals surface area contributed by atoms with Crippen LogP contribution in [-0.2, 0) is 24.4 Å². The van der Waals surface area contributed by atoms with E-state index in [1.807, 2.05) is 59.2 Å². The van der Waals surface area contributed by atoms with Crippen molar-refractivity contribution in [2.45, 2.75) is 33.4 Å². The standard InChI is InChI=1S/C22H23N5O2S/c1-15(2)12-21-25-26-22(30-21)24-20(28)13-27-18-11-7-6-10-17(18)23-19(27)14-29-16-8-4-3-5-9-16/h3-11,15H,12-14H2,1-2H3,(H,24,26,28). The summed E-state index contributed by atoms with van der Waals surface area (Å²) < 4.78 is 7.75. The molecule has 0 saturated heterocycles. The van der Waals surface area contributed by atoms with Crippen molar-refractivity contribution in [3.05, 3.63) is 65.4 Å². The summed E-state index contributed by atoms with van der Waals surface area (Å²) in [6.45, 7) is 4.64. The summed E-state index contributed by atoms with van der Waals surface area (Å²) >= 11 is 1.41. The highest BCUT2D eigenvalue weighted by Crippen LogP contribution is 2.20. The van der Waals surface area contributed by atoms with Crippen LogP contribution in [0.4, 0.5) is 5.13 Å². The number of carbonyl (C=O) groups is 1. The molecule has 0 aliphatic rings. The van der Waals surface area contributed by atoms with Gasteiger partial charge in [-0.2, -0.15) is 0 Å². The summed E-state index contributed by atoms with van der Waals surface area (Å²) in [5, 5.41) is 12.5. The van der Waals surface area contributed by atoms with Crippen molar-refractivity contribution in [2.24, 2.45) is 5.92 Å². The van der Waals surface area contributed by atoms with Crippen LogP contribution in [0, 0.1) is 5.92 Å². The van der Waals surface area contributed by atoms with Crippen LogP contribution >= 0.6 is 11.3 Å². The van der Waals surface area contributed by atoms with Crippen molar-refractivity contribution in [2.75, 3.05) is 5.32 Å². The number of nitrogens with zero attached hydrogens (tertiary/aromatic N) is 4. The molecule has 0 unspecified atom stereocenters. The fraction of sp³-hybridized carbons (Fsp3) is 0.273. The third kappa shape index (κ3) is 4.83. The molecule has 7 nitrogen and oxygen atoms in total. The van der Waals surface area contributed by atoms with Gasteiger partial charge in [-0.3, -0.25) is 10.1 Å². The van der Waals surface area contributed by atoms with Gasteiger partial charge in [0.1, 0.15) is 29.7 Å². The van der Waals surface area contributed by atoms with E-state index in [4.69, 9.17) is 4.74 Å². The number of fused-ring (bicyclic) bond motifs is 1. The number of ether oxygens (including phenoxy) is 1. The molecule has 0 fully saturated rings. The number of hydrogen-bond acceptors (Lipinski definition) is 6. The van der Waals surface area contributed by atoms with Gasteiger partial charge in [-0.1, -0.05) is 55.5 Å². The number of aromatic nitrogens is 4. The Hall–Kier alpha value is -3.26. The first-order valence-electron chi connectivity index (χ1n) is 9.82. The van der Waals surface area contributed by atoms with Gasteiger partial charge < -0.3 is 9.30 Å². The van der Waals surface area contributed by atoms with Crippen LogP contribution in [0.25, 0.3) is 11.0 Å². The highest BCUT2D eigenvalue weighted by molar-refractivity contribution is 7.15. The number of imidazole rings is 1. The van der Waals surface area contributed by atoms with E-state index in [-0.39, 0.29) is 19.1 Å². The lowest BCUT2D eigenvalue weighted by atomic mass is 10.1. The van der Waals surface area contributed by atoms with Crippen LogP contribution in [0.3, 0.4) is 0 Å². The van der Waals surface area contributed by atoms with Crippen molar-refractivity contribution in [3.63, 3.8) is 0 Å². The maximum atomic E-state index is 12.7. The van der Waals surface area contributed by atoms with Crippen molar-refractivity contribution < 1.29 is 9.53 Å². The Kier molecular flexibility index (Phi) is 6.04. The van der Waals surface area contributed by atoms with Crippen molar-refractivity contribution in [1.82, 2.24) is 19.7 Å². The Balaban J connectivity index is 1.50. The molecule has 0 spiro atoms. The second-order valence-corrected chi connectivity index (χ2v) is 8.41. The molecule has 1 N–H and O–H groups in total. The van der Waals surface area contributed by atoms with Gasteiger partial charge in [-0.15, -0.1) is 10.2 Å². The predicted molar refractivity (Wildman–Crippen MR) is 118 cm³/mol. The molecule has 30 heavy (non-hydrogen) atoms. The van der Waals surface area contributed by atoms with E-state index in [0.717, 1.165) is 28.2 Å². The second-order valence-electron chi connectivity index (χ2n) is 7.35. The lowest BCUT2D eigenvalue weighted by molar-refractivity contribution is -0.116. The Morgan fingerprint density at radius 1 is 1.10 bits per heavy atom. The quantitative estimate of drug-likeness (QED) is 0.459. The van der Waals surface area contributed by atoms with E-state index in [9.17, 15) is 4.79 Å². The average Bonchev–Trinajstić information content (AvgIpc) is 3.31. The Morgan fingerprint density at radius 2 is 1.87 bits per heavy atom. The first kappa shape index (κ1) is 20.0. The second kappa shape index (κ2) is 9.04. The smallest absolute Gasteiger partial charge is 0.246 e. The Bertz CT molecular complexity index is 1140. The van der Waals surface area contributed by atoms with Gasteiger partial charge in [0.25, 0.3) is 0 Å². The zero-order chi connectivity index (χ0) is 20.9. The van der Waals surface area contributed by atoms with Crippen LogP contribution in [-0.4, -0.2) is 25.7 Å². The maximum Gasteiger partial charge on any atom is 0.246 e. The number of hydrogen-bond donors (Lipinski definition) is 1. The number of carbonyl (C=O) groups excluding carboxylic acids is 1. The van der Waals surface area contributed by atoms with Gasteiger partial charge in [0.05, 0.1) is 11.0 Å². The molecule has 2 aromatic carbocycles. The molecule has 0 saturated carbocycles. The van der Waals surface area contributed by atoms with Crippen LogP contribution in [0.2, 0.25) is 0 Å². The lowest BCUT2D eigenvalue weighted by Crippen LogP contribution is -2.20. The number of rotatable bonds is 8. The molecule has 0 atom stereocenters. The Morgan fingerprint density at radius 3 is 2.67 bits per heavy atom. The third-order valence-corrected chi connectivity index (χ3v) is 5.30. The highest BCUT2D eigenvalue weighted by Gasteiger charge is 2.16. The predicted octanol–water partition coefficient (Wildman–Crippen LogP) is 4.30. The van der Waals surface area contributed by atoms with Gasteiger partial charge in [-0.05, 0) is 30.2 Å². The zero-order valence-electron chi connectivity index (χ0n) is 16.9. The van der Waals surface area contributed by atoms with Crippen molar-refractivity contribution in [1.29, 1.82) is 0 Å². The van der Waals surface area contributed by atoms with Crippen LogP contribution in [0.5, 0.6) is 5.75 Å². The SMILES string of the molecule is CC(C)Cc1nnc(NC(=O)Cn2c(COc3ccccc3)nc3ccccc32)s1. The normalized spacial score (nSPS) is 11.2. The minimum atomic E-state index is -0.175. The first-order chi connectivity index (χ1) is 14.6. The molecule has 0 radical (unpaired) electrons. The number of nitrogens with one attached hydrogen (secondary N) is 1. The molecule has 2 heterocycles. The first-order valence-corrected chi connectivity index (χ1v) is 10.6. The maximum absolute atomic E-state index is 12.7. The molecule has 4 aromatic rings. The van der Waals surface area contributed by atoms with E-state index < -0.39 is 0 Å². The van der Waals surface area contributed by atoms with Gasteiger partial charge in [-0.25, -0.2) is 4.98 Å². The number of anilines is 1. The molecule has 0 aliphatic heterocycles. The van der Waals surface area contributed by atoms with E-state index in [1.165, 1.54) is 11.3 Å². The molecule has 2 aromatic heterocycles. The molecular weight excluding hydrogens is 398 g/mol. The third-order valence-electron chi connectivity index (χ3n) is 4.44. The topological polar surface area (TPSA) is 81.9 Å². The zero-order valence-corrected chi connectivity index (χ0v) is 17.7. The lowest BCUT2D eigenvalue weighted by Gasteiger charge is -2.10. The fourth-order valence-electron chi connectivity index (χ4n) is 3.11. The van der Waals surface area contributed by atoms with Crippen LogP contribution in [0.1, 0.15) is 24.7 Å². The average molecular weight is 422 g/mol. The largest absolute Gasteiger partial charge is 0.486 e. The van der Waals surface area contributed by atoms with Gasteiger partial charge >= 0.3 is 0 Å². The molecule has 0 aliphatic carbocycles. The van der Waals surface area contributed by atoms with E-state index in [0.29, 0.717) is 16.9 Å². The highest BCUT2D eigenvalue weighted by atomic mass is 32.1. The number of amides is 1. The number of para-hydroxylation sites is 3. The van der Waals surface area contributed by atoms with Crippen LogP contribution < -0.4 is 10.1 Å². The summed E-state index contributed by atoms with van der Waals surface area (Å²) in [6.07, 6.45) is 0.848. The van der Waals surface area contributed by atoms with Crippen LogP contribution in [0.15, 0.2) is 54.6 Å². The summed E-state index contributed by atoms with van der Waals surface area (Å²) in [6, 6.07) is 17.3. The van der Waals surface area contributed by atoms with E-state index >= 15 is 0 Å². The summed E-state index contributed by atoms with van der Waals surface area (Å²) in [5.74, 6) is 1.76. The molecule has 1 amide bonds. The van der Waals surface area contributed by atoms with Crippen molar-refractivity contribution in [3.8, 4) is 5.75 Å². The minimum Gasteiger partial charge on any atom is -0.486 e. The minimum absolute atomic E-state index is 0.118. The molecule has 154 valence electrons. The molecular formula is C22H23N5O2S. The summed E-state index contributed by atoms with van der Waals surface area (Å²) in [4.78, 5) is 17.4. The fourth-order valence-corrected chi connectivity index (χ4v) is 4.08. The number of benzene rings is 2.